The maximum absolute atomic E-state index is 4.41. The summed E-state index contributed by atoms with van der Waals surface area (Å²) < 4.78 is 4.31. The topological polar surface area (TPSA) is 50.7 Å². The van der Waals surface area contributed by atoms with Gasteiger partial charge in [-0.3, -0.25) is 4.98 Å². The van der Waals surface area contributed by atoms with Gasteiger partial charge in [0.05, 0.1) is 0 Å². The number of anilines is 1. The van der Waals surface area contributed by atoms with Crippen molar-refractivity contribution in [3.05, 3.63) is 23.9 Å². The van der Waals surface area contributed by atoms with Crippen molar-refractivity contribution in [1.29, 1.82) is 0 Å². The van der Waals surface area contributed by atoms with Crippen LogP contribution in [0.2, 0.25) is 0 Å². The molecule has 0 atom stereocenters. The summed E-state index contributed by atoms with van der Waals surface area (Å²) in [7, 11) is 0. The number of aromatic nitrogens is 3. The second kappa shape index (κ2) is 5.03. The van der Waals surface area contributed by atoms with E-state index in [1.54, 1.807) is 6.20 Å². The summed E-state index contributed by atoms with van der Waals surface area (Å²) in [6.45, 7) is 5.07. The highest BCUT2D eigenvalue weighted by atomic mass is 32.1. The Balaban J connectivity index is 2.22. The van der Waals surface area contributed by atoms with Crippen molar-refractivity contribution < 1.29 is 0 Å². The van der Waals surface area contributed by atoms with E-state index in [4.69, 9.17) is 0 Å². The SMILES string of the molecule is CCCNc1nc(-c2ncccc2C)ns1. The van der Waals surface area contributed by atoms with Gasteiger partial charge >= 0.3 is 0 Å². The number of hydrogen-bond donors (Lipinski definition) is 1. The molecular weight excluding hydrogens is 220 g/mol. The monoisotopic (exact) mass is 234 g/mol. The average molecular weight is 234 g/mol. The van der Waals surface area contributed by atoms with Gasteiger partial charge in [-0.05, 0) is 25.0 Å². The number of hydrogen-bond acceptors (Lipinski definition) is 5. The van der Waals surface area contributed by atoms with Gasteiger partial charge in [0, 0.05) is 24.3 Å². The van der Waals surface area contributed by atoms with Gasteiger partial charge in [0.15, 0.2) is 5.82 Å². The van der Waals surface area contributed by atoms with Crippen molar-refractivity contribution in [1.82, 2.24) is 14.3 Å². The van der Waals surface area contributed by atoms with Crippen LogP contribution in [0.1, 0.15) is 18.9 Å². The molecule has 4 nitrogen and oxygen atoms in total. The van der Waals surface area contributed by atoms with Crippen LogP contribution < -0.4 is 5.32 Å². The highest BCUT2D eigenvalue weighted by Gasteiger charge is 2.09. The molecule has 0 aliphatic carbocycles. The molecule has 0 fully saturated rings. The van der Waals surface area contributed by atoms with E-state index in [0.29, 0.717) is 5.82 Å². The Hall–Kier alpha value is -1.49. The van der Waals surface area contributed by atoms with E-state index in [1.807, 2.05) is 19.1 Å². The zero-order chi connectivity index (χ0) is 11.4. The largest absolute Gasteiger partial charge is 0.360 e. The minimum absolute atomic E-state index is 0.710. The lowest BCUT2D eigenvalue weighted by molar-refractivity contribution is 0.976. The highest BCUT2D eigenvalue weighted by Crippen LogP contribution is 2.21. The fourth-order valence-electron chi connectivity index (χ4n) is 1.34. The van der Waals surface area contributed by atoms with Gasteiger partial charge in [-0.2, -0.15) is 9.36 Å². The Morgan fingerprint density at radius 1 is 1.44 bits per heavy atom. The van der Waals surface area contributed by atoms with Gasteiger partial charge in [0.2, 0.25) is 5.13 Å². The fourth-order valence-corrected chi connectivity index (χ4v) is 1.94. The molecule has 0 radical (unpaired) electrons. The number of nitrogens with one attached hydrogen (secondary N) is 1. The molecule has 2 aromatic heterocycles. The Labute approximate surface area is 98.9 Å². The molecule has 0 aliphatic heterocycles. The van der Waals surface area contributed by atoms with Crippen LogP contribution in [0.25, 0.3) is 11.5 Å². The van der Waals surface area contributed by atoms with Crippen LogP contribution in [0, 0.1) is 6.92 Å². The van der Waals surface area contributed by atoms with E-state index in [9.17, 15) is 0 Å². The first-order valence-electron chi connectivity index (χ1n) is 5.31. The van der Waals surface area contributed by atoms with Gasteiger partial charge in [0.25, 0.3) is 0 Å². The normalized spacial score (nSPS) is 10.4. The molecule has 0 aromatic carbocycles. The first-order chi connectivity index (χ1) is 7.81. The molecule has 0 unspecified atom stereocenters. The van der Waals surface area contributed by atoms with E-state index in [1.165, 1.54) is 11.5 Å². The maximum atomic E-state index is 4.41. The Bertz CT molecular complexity index is 467. The van der Waals surface area contributed by atoms with Gasteiger partial charge in [0.1, 0.15) is 5.69 Å². The van der Waals surface area contributed by atoms with Crippen molar-refractivity contribution in [2.75, 3.05) is 11.9 Å². The number of pyridine rings is 1. The standard InChI is InChI=1S/C11H14N4S/c1-3-6-13-11-14-10(15-16-11)9-8(2)5-4-7-12-9/h4-5,7H,3,6H2,1-2H3,(H,13,14,15). The molecule has 0 amide bonds. The number of rotatable bonds is 4. The molecule has 0 spiro atoms. The zero-order valence-corrected chi connectivity index (χ0v) is 10.2. The summed E-state index contributed by atoms with van der Waals surface area (Å²) in [6.07, 6.45) is 2.85. The first kappa shape index (κ1) is 11.0. The lowest BCUT2D eigenvalue weighted by Crippen LogP contribution is -1.98. The summed E-state index contributed by atoms with van der Waals surface area (Å²) in [5.41, 5.74) is 1.96. The van der Waals surface area contributed by atoms with Crippen LogP contribution in [-0.2, 0) is 0 Å². The van der Waals surface area contributed by atoms with Crippen LogP contribution in [0.15, 0.2) is 18.3 Å². The molecule has 0 saturated carbocycles. The van der Waals surface area contributed by atoms with E-state index in [2.05, 4.69) is 26.6 Å². The smallest absolute Gasteiger partial charge is 0.202 e. The van der Waals surface area contributed by atoms with Crippen molar-refractivity contribution in [2.45, 2.75) is 20.3 Å². The Morgan fingerprint density at radius 3 is 3.06 bits per heavy atom. The molecule has 0 aliphatic rings. The molecule has 16 heavy (non-hydrogen) atoms. The van der Waals surface area contributed by atoms with Crippen LogP contribution in [0.4, 0.5) is 5.13 Å². The molecule has 0 bridgehead atoms. The van der Waals surface area contributed by atoms with Crippen molar-refractivity contribution >= 4 is 16.7 Å². The Kier molecular flexibility index (Phi) is 3.46. The average Bonchev–Trinajstić information content (AvgIpc) is 2.75. The third kappa shape index (κ3) is 2.36. The van der Waals surface area contributed by atoms with E-state index >= 15 is 0 Å². The van der Waals surface area contributed by atoms with Gasteiger partial charge < -0.3 is 5.32 Å². The summed E-state index contributed by atoms with van der Waals surface area (Å²) >= 11 is 1.38. The van der Waals surface area contributed by atoms with Gasteiger partial charge in [-0.25, -0.2) is 0 Å². The summed E-state index contributed by atoms with van der Waals surface area (Å²) in [5.74, 6) is 0.710. The number of aryl methyl sites for hydroxylation is 1. The van der Waals surface area contributed by atoms with Crippen molar-refractivity contribution in [3.8, 4) is 11.5 Å². The Morgan fingerprint density at radius 2 is 2.31 bits per heavy atom. The molecule has 1 N–H and O–H groups in total. The molecular formula is C11H14N4S. The van der Waals surface area contributed by atoms with Crippen LogP contribution in [-0.4, -0.2) is 20.9 Å². The second-order valence-electron chi connectivity index (χ2n) is 3.52. The predicted octanol–water partition coefficient (Wildman–Crippen LogP) is 2.73. The van der Waals surface area contributed by atoms with E-state index in [-0.39, 0.29) is 0 Å². The minimum atomic E-state index is 0.710. The van der Waals surface area contributed by atoms with Gasteiger partial charge in [-0.1, -0.05) is 13.0 Å². The van der Waals surface area contributed by atoms with E-state index in [0.717, 1.165) is 29.4 Å². The molecule has 84 valence electrons. The van der Waals surface area contributed by atoms with E-state index < -0.39 is 0 Å². The van der Waals surface area contributed by atoms with Crippen LogP contribution in [0.5, 0.6) is 0 Å². The lowest BCUT2D eigenvalue weighted by Gasteiger charge is -1.98. The fraction of sp³-hybridized carbons (Fsp3) is 0.364. The highest BCUT2D eigenvalue weighted by molar-refractivity contribution is 7.09. The molecule has 5 heteroatoms. The maximum Gasteiger partial charge on any atom is 0.202 e. The third-order valence-electron chi connectivity index (χ3n) is 2.17. The molecule has 2 aromatic rings. The van der Waals surface area contributed by atoms with Crippen molar-refractivity contribution in [2.24, 2.45) is 0 Å². The summed E-state index contributed by atoms with van der Waals surface area (Å²) in [5, 5.41) is 4.08. The minimum Gasteiger partial charge on any atom is -0.360 e. The summed E-state index contributed by atoms with van der Waals surface area (Å²) in [6, 6.07) is 3.93. The zero-order valence-electron chi connectivity index (χ0n) is 9.40. The molecule has 2 heterocycles. The molecule has 0 saturated heterocycles. The van der Waals surface area contributed by atoms with Crippen molar-refractivity contribution in [3.63, 3.8) is 0 Å². The van der Waals surface area contributed by atoms with Crippen LogP contribution >= 0.6 is 11.5 Å². The third-order valence-corrected chi connectivity index (χ3v) is 2.85. The second-order valence-corrected chi connectivity index (χ2v) is 4.27. The predicted molar refractivity (Wildman–Crippen MR) is 66.7 cm³/mol. The van der Waals surface area contributed by atoms with Gasteiger partial charge in [-0.15, -0.1) is 0 Å². The molecule has 2 rings (SSSR count). The lowest BCUT2D eigenvalue weighted by atomic mass is 10.2. The summed E-state index contributed by atoms with van der Waals surface area (Å²) in [4.78, 5) is 8.71. The first-order valence-corrected chi connectivity index (χ1v) is 6.08. The number of nitrogens with zero attached hydrogens (tertiary/aromatic N) is 3. The van der Waals surface area contributed by atoms with Crippen LogP contribution in [0.3, 0.4) is 0 Å². The quantitative estimate of drug-likeness (QED) is 0.883.